The van der Waals surface area contributed by atoms with Crippen LogP contribution in [-0.4, -0.2) is 35.7 Å². The quantitative estimate of drug-likeness (QED) is 0.652. The third-order valence-corrected chi connectivity index (χ3v) is 6.13. The fourth-order valence-corrected chi connectivity index (χ4v) is 4.27. The van der Waals surface area contributed by atoms with E-state index >= 15 is 0 Å². The van der Waals surface area contributed by atoms with Crippen LogP contribution in [0.1, 0.15) is 25.2 Å². The number of amides is 1. The second kappa shape index (κ2) is 7.63. The van der Waals surface area contributed by atoms with E-state index in [1.807, 2.05) is 49.9 Å². The van der Waals surface area contributed by atoms with Crippen molar-refractivity contribution in [1.82, 2.24) is 24.5 Å². The standard InChI is InChI=1S/C17H22N6OS2/c1-6-23-15(13-8-7-9-25-13)19-20-17(23)26-12(4)16(24)18-14-10(2)21-22(5)11(14)3/h7-9,12H,6H2,1-5H3,(H,18,24). The van der Waals surface area contributed by atoms with Crippen molar-refractivity contribution >= 4 is 34.7 Å². The first-order valence-electron chi connectivity index (χ1n) is 8.37. The van der Waals surface area contributed by atoms with Crippen molar-refractivity contribution < 1.29 is 4.79 Å². The first kappa shape index (κ1) is 18.7. The highest BCUT2D eigenvalue weighted by Gasteiger charge is 2.22. The second-order valence-electron chi connectivity index (χ2n) is 5.95. The van der Waals surface area contributed by atoms with E-state index in [9.17, 15) is 4.79 Å². The van der Waals surface area contributed by atoms with Gasteiger partial charge in [0.2, 0.25) is 5.91 Å². The lowest BCUT2D eigenvalue weighted by atomic mass is 10.3. The summed E-state index contributed by atoms with van der Waals surface area (Å²) in [5.41, 5.74) is 2.53. The predicted octanol–water partition coefficient (Wildman–Crippen LogP) is 3.50. The lowest BCUT2D eigenvalue weighted by Gasteiger charge is -2.13. The molecule has 0 aliphatic heterocycles. The summed E-state index contributed by atoms with van der Waals surface area (Å²) >= 11 is 3.04. The maximum absolute atomic E-state index is 12.6. The highest BCUT2D eigenvalue weighted by molar-refractivity contribution is 8.00. The van der Waals surface area contributed by atoms with Gasteiger partial charge in [0.1, 0.15) is 0 Å². The van der Waals surface area contributed by atoms with E-state index in [2.05, 4.69) is 27.5 Å². The van der Waals surface area contributed by atoms with Gasteiger partial charge in [0.25, 0.3) is 0 Å². The molecule has 0 fully saturated rings. The molecular weight excluding hydrogens is 368 g/mol. The number of hydrogen-bond acceptors (Lipinski definition) is 6. The van der Waals surface area contributed by atoms with Gasteiger partial charge in [0.15, 0.2) is 11.0 Å². The van der Waals surface area contributed by atoms with Gasteiger partial charge in [-0.1, -0.05) is 17.8 Å². The van der Waals surface area contributed by atoms with Crippen molar-refractivity contribution in [1.29, 1.82) is 0 Å². The maximum Gasteiger partial charge on any atom is 0.237 e. The molecule has 3 aromatic rings. The van der Waals surface area contributed by atoms with Crippen LogP contribution < -0.4 is 5.32 Å². The summed E-state index contributed by atoms with van der Waals surface area (Å²) in [5, 5.41) is 18.4. The first-order valence-corrected chi connectivity index (χ1v) is 10.1. The van der Waals surface area contributed by atoms with Gasteiger partial charge in [0.05, 0.1) is 27.2 Å². The Morgan fingerprint density at radius 1 is 1.38 bits per heavy atom. The Labute approximate surface area is 160 Å². The molecule has 0 spiro atoms. The minimum Gasteiger partial charge on any atom is -0.322 e. The maximum atomic E-state index is 12.6. The van der Waals surface area contributed by atoms with E-state index in [4.69, 9.17) is 0 Å². The zero-order valence-corrected chi connectivity index (χ0v) is 17.1. The number of aryl methyl sites for hydroxylation is 2. The fourth-order valence-electron chi connectivity index (χ4n) is 2.64. The first-order chi connectivity index (χ1) is 12.4. The number of anilines is 1. The molecule has 3 aromatic heterocycles. The van der Waals surface area contributed by atoms with Gasteiger partial charge in [-0.3, -0.25) is 9.48 Å². The van der Waals surface area contributed by atoms with Crippen LogP contribution in [0.2, 0.25) is 0 Å². The highest BCUT2D eigenvalue weighted by atomic mass is 32.2. The van der Waals surface area contributed by atoms with E-state index in [-0.39, 0.29) is 11.2 Å². The molecule has 0 aliphatic carbocycles. The van der Waals surface area contributed by atoms with Crippen molar-refractivity contribution in [3.8, 4) is 10.7 Å². The average Bonchev–Trinajstić information content (AvgIpc) is 3.31. The largest absolute Gasteiger partial charge is 0.322 e. The van der Waals surface area contributed by atoms with Gasteiger partial charge in [-0.2, -0.15) is 5.10 Å². The molecule has 0 bridgehead atoms. The van der Waals surface area contributed by atoms with Gasteiger partial charge < -0.3 is 9.88 Å². The summed E-state index contributed by atoms with van der Waals surface area (Å²) in [6, 6.07) is 4.02. The number of thiophene rings is 1. The van der Waals surface area contributed by atoms with Crippen molar-refractivity contribution in [3.05, 3.63) is 28.9 Å². The molecule has 7 nitrogen and oxygen atoms in total. The molecule has 3 rings (SSSR count). The Balaban J connectivity index is 1.75. The van der Waals surface area contributed by atoms with E-state index in [0.29, 0.717) is 0 Å². The van der Waals surface area contributed by atoms with E-state index in [1.54, 1.807) is 16.0 Å². The molecule has 0 saturated carbocycles. The summed E-state index contributed by atoms with van der Waals surface area (Å²) in [6.07, 6.45) is 0. The molecule has 0 aromatic carbocycles. The third-order valence-electron chi connectivity index (χ3n) is 4.18. The van der Waals surface area contributed by atoms with Crippen LogP contribution in [0.25, 0.3) is 10.7 Å². The van der Waals surface area contributed by atoms with Crippen LogP contribution in [0.15, 0.2) is 22.7 Å². The third kappa shape index (κ3) is 3.54. The van der Waals surface area contributed by atoms with Crippen molar-refractivity contribution in [2.75, 3.05) is 5.32 Å². The van der Waals surface area contributed by atoms with Crippen molar-refractivity contribution in [3.63, 3.8) is 0 Å². The molecule has 0 radical (unpaired) electrons. The van der Waals surface area contributed by atoms with Gasteiger partial charge >= 0.3 is 0 Å². The molecule has 1 atom stereocenters. The monoisotopic (exact) mass is 390 g/mol. The van der Waals surface area contributed by atoms with Crippen LogP contribution >= 0.6 is 23.1 Å². The zero-order valence-electron chi connectivity index (χ0n) is 15.5. The molecule has 9 heteroatoms. The molecule has 1 amide bonds. The summed E-state index contributed by atoms with van der Waals surface area (Å²) in [6.45, 7) is 8.51. The van der Waals surface area contributed by atoms with E-state index < -0.39 is 0 Å². The van der Waals surface area contributed by atoms with E-state index in [1.165, 1.54) is 11.8 Å². The number of nitrogens with one attached hydrogen (secondary N) is 1. The van der Waals surface area contributed by atoms with Gasteiger partial charge in [-0.05, 0) is 39.1 Å². The molecule has 26 heavy (non-hydrogen) atoms. The number of nitrogens with zero attached hydrogens (tertiary/aromatic N) is 5. The minimum absolute atomic E-state index is 0.0717. The number of carbonyl (C=O) groups excluding carboxylic acids is 1. The Morgan fingerprint density at radius 3 is 2.73 bits per heavy atom. The minimum atomic E-state index is -0.306. The van der Waals surface area contributed by atoms with Crippen LogP contribution in [-0.2, 0) is 18.4 Å². The normalized spacial score (nSPS) is 12.3. The molecular formula is C17H22N6OS2. The molecule has 0 aliphatic rings. The number of carbonyl (C=O) groups is 1. The smallest absolute Gasteiger partial charge is 0.237 e. The Kier molecular flexibility index (Phi) is 5.47. The summed E-state index contributed by atoms with van der Waals surface area (Å²) in [5.74, 6) is 0.772. The lowest BCUT2D eigenvalue weighted by molar-refractivity contribution is -0.115. The number of aromatic nitrogens is 5. The summed E-state index contributed by atoms with van der Waals surface area (Å²) < 4.78 is 3.81. The SMILES string of the molecule is CCn1c(SC(C)C(=O)Nc2c(C)nn(C)c2C)nnc1-c1cccs1. The predicted molar refractivity (Wildman–Crippen MR) is 106 cm³/mol. The number of thioether (sulfide) groups is 1. The van der Waals surface area contributed by atoms with Crippen LogP contribution in [0.5, 0.6) is 0 Å². The van der Waals surface area contributed by atoms with Gasteiger partial charge in [-0.15, -0.1) is 21.5 Å². The second-order valence-corrected chi connectivity index (χ2v) is 8.20. The Bertz CT molecular complexity index is 912. The number of rotatable bonds is 6. The van der Waals surface area contributed by atoms with E-state index in [0.717, 1.165) is 39.5 Å². The lowest BCUT2D eigenvalue weighted by Crippen LogP contribution is -2.23. The molecule has 3 heterocycles. The Hall–Kier alpha value is -2.13. The zero-order chi connectivity index (χ0) is 18.8. The average molecular weight is 391 g/mol. The summed E-state index contributed by atoms with van der Waals surface area (Å²) in [4.78, 5) is 13.7. The summed E-state index contributed by atoms with van der Waals surface area (Å²) in [7, 11) is 1.87. The van der Waals surface area contributed by atoms with Crippen LogP contribution in [0.3, 0.4) is 0 Å². The molecule has 138 valence electrons. The highest BCUT2D eigenvalue weighted by Crippen LogP contribution is 2.29. The fraction of sp³-hybridized carbons (Fsp3) is 0.412. The molecule has 1 unspecified atom stereocenters. The van der Waals surface area contributed by atoms with Crippen molar-refractivity contribution in [2.24, 2.45) is 7.05 Å². The topological polar surface area (TPSA) is 77.6 Å². The molecule has 1 N–H and O–H groups in total. The Morgan fingerprint density at radius 2 is 2.15 bits per heavy atom. The van der Waals surface area contributed by atoms with Crippen molar-refractivity contribution in [2.45, 2.75) is 44.6 Å². The van der Waals surface area contributed by atoms with Gasteiger partial charge in [0, 0.05) is 13.6 Å². The van der Waals surface area contributed by atoms with Gasteiger partial charge in [-0.25, -0.2) is 0 Å². The number of hydrogen-bond donors (Lipinski definition) is 1. The van der Waals surface area contributed by atoms with Crippen LogP contribution in [0, 0.1) is 13.8 Å². The molecule has 0 saturated heterocycles. The van der Waals surface area contributed by atoms with Crippen LogP contribution in [0.4, 0.5) is 5.69 Å².